The first-order valence-electron chi connectivity index (χ1n) is 8.95. The summed E-state index contributed by atoms with van der Waals surface area (Å²) in [5, 5.41) is 11.2. The van der Waals surface area contributed by atoms with Crippen molar-refractivity contribution in [2.24, 2.45) is 0 Å². The molecule has 2 aliphatic heterocycles. The van der Waals surface area contributed by atoms with Gasteiger partial charge in [-0.25, -0.2) is 4.98 Å². The SMILES string of the molecule is c1cn2cc(CN3CCC[C@H]3c3nnc4n3CCCCC4)nc2s1. The highest BCUT2D eigenvalue weighted by Crippen LogP contribution is 2.33. The van der Waals surface area contributed by atoms with E-state index in [1.807, 2.05) is 0 Å². The third-order valence-electron chi connectivity index (χ3n) is 5.31. The molecule has 0 unspecified atom stereocenters. The fourth-order valence-corrected chi connectivity index (χ4v) is 4.84. The lowest BCUT2D eigenvalue weighted by molar-refractivity contribution is 0.232. The summed E-state index contributed by atoms with van der Waals surface area (Å²) in [5.41, 5.74) is 1.16. The number of hydrogen-bond acceptors (Lipinski definition) is 5. The predicted molar refractivity (Wildman–Crippen MR) is 93.0 cm³/mol. The smallest absolute Gasteiger partial charge is 0.193 e. The van der Waals surface area contributed by atoms with E-state index in [1.165, 1.54) is 43.8 Å². The second-order valence-corrected chi connectivity index (χ2v) is 7.76. The van der Waals surface area contributed by atoms with Crippen LogP contribution < -0.4 is 0 Å². The molecule has 5 heterocycles. The van der Waals surface area contributed by atoms with Crippen molar-refractivity contribution in [2.75, 3.05) is 6.54 Å². The molecule has 24 heavy (non-hydrogen) atoms. The van der Waals surface area contributed by atoms with Gasteiger partial charge in [-0.05, 0) is 32.2 Å². The van der Waals surface area contributed by atoms with E-state index >= 15 is 0 Å². The molecule has 0 saturated carbocycles. The van der Waals surface area contributed by atoms with Crippen LogP contribution in [0.2, 0.25) is 0 Å². The van der Waals surface area contributed by atoms with Gasteiger partial charge in [0.2, 0.25) is 0 Å². The molecule has 1 fully saturated rings. The number of hydrogen-bond donors (Lipinski definition) is 0. The number of fused-ring (bicyclic) bond motifs is 2. The molecule has 3 aromatic rings. The van der Waals surface area contributed by atoms with Crippen LogP contribution in [0.25, 0.3) is 4.96 Å². The summed E-state index contributed by atoms with van der Waals surface area (Å²) >= 11 is 1.69. The van der Waals surface area contributed by atoms with Crippen LogP contribution in [0.5, 0.6) is 0 Å². The largest absolute Gasteiger partial charge is 0.314 e. The lowest BCUT2D eigenvalue weighted by Gasteiger charge is -2.23. The van der Waals surface area contributed by atoms with Crippen molar-refractivity contribution in [3.05, 3.63) is 35.1 Å². The normalized spacial score (nSPS) is 22.1. The van der Waals surface area contributed by atoms with Gasteiger partial charge in [-0.3, -0.25) is 9.30 Å². The van der Waals surface area contributed by atoms with Crippen molar-refractivity contribution in [3.8, 4) is 0 Å². The minimum Gasteiger partial charge on any atom is -0.314 e. The van der Waals surface area contributed by atoms with E-state index in [2.05, 4.69) is 41.8 Å². The molecule has 5 rings (SSSR count). The zero-order chi connectivity index (χ0) is 15.9. The highest BCUT2D eigenvalue weighted by molar-refractivity contribution is 7.15. The number of aromatic nitrogens is 5. The summed E-state index contributed by atoms with van der Waals surface area (Å²) in [7, 11) is 0. The highest BCUT2D eigenvalue weighted by atomic mass is 32.1. The van der Waals surface area contributed by atoms with Crippen molar-refractivity contribution in [3.63, 3.8) is 0 Å². The van der Waals surface area contributed by atoms with Crippen LogP contribution in [0.1, 0.15) is 55.5 Å². The first-order chi connectivity index (χ1) is 11.9. The van der Waals surface area contributed by atoms with E-state index in [0.29, 0.717) is 6.04 Å². The third kappa shape index (κ3) is 2.46. The summed E-state index contributed by atoms with van der Waals surface area (Å²) in [5.74, 6) is 2.38. The Kier molecular flexibility index (Phi) is 3.63. The van der Waals surface area contributed by atoms with Gasteiger partial charge in [0.25, 0.3) is 0 Å². The molecule has 0 aromatic carbocycles. The van der Waals surface area contributed by atoms with Crippen LogP contribution >= 0.6 is 11.3 Å². The summed E-state index contributed by atoms with van der Waals surface area (Å²) in [6.07, 6.45) is 11.5. The van der Waals surface area contributed by atoms with E-state index in [-0.39, 0.29) is 0 Å². The first kappa shape index (κ1) is 14.6. The van der Waals surface area contributed by atoms with Crippen LogP contribution in [0.3, 0.4) is 0 Å². The van der Waals surface area contributed by atoms with E-state index < -0.39 is 0 Å². The lowest BCUT2D eigenvalue weighted by Crippen LogP contribution is -2.25. The molecule has 126 valence electrons. The maximum atomic E-state index is 4.75. The minimum atomic E-state index is 0.393. The van der Waals surface area contributed by atoms with Gasteiger partial charge >= 0.3 is 0 Å². The second-order valence-electron chi connectivity index (χ2n) is 6.89. The monoisotopic (exact) mass is 342 g/mol. The van der Waals surface area contributed by atoms with Crippen molar-refractivity contribution in [1.82, 2.24) is 29.0 Å². The quantitative estimate of drug-likeness (QED) is 0.734. The average Bonchev–Trinajstić information content (AvgIpc) is 3.31. The number of imidazole rings is 1. The van der Waals surface area contributed by atoms with Gasteiger partial charge in [-0.1, -0.05) is 6.42 Å². The summed E-state index contributed by atoms with van der Waals surface area (Å²) in [6.45, 7) is 3.11. The Morgan fingerprint density at radius 2 is 2.12 bits per heavy atom. The topological polar surface area (TPSA) is 51.2 Å². The molecule has 7 heteroatoms. The molecule has 0 aliphatic carbocycles. The van der Waals surface area contributed by atoms with E-state index in [4.69, 9.17) is 4.98 Å². The average molecular weight is 342 g/mol. The van der Waals surface area contributed by atoms with Crippen LogP contribution in [0, 0.1) is 0 Å². The lowest BCUT2D eigenvalue weighted by atomic mass is 10.2. The van der Waals surface area contributed by atoms with E-state index in [9.17, 15) is 0 Å². The summed E-state index contributed by atoms with van der Waals surface area (Å²) < 4.78 is 4.52. The molecule has 0 bridgehead atoms. The zero-order valence-electron chi connectivity index (χ0n) is 13.8. The number of thiazole rings is 1. The molecular weight excluding hydrogens is 320 g/mol. The number of rotatable bonds is 3. The van der Waals surface area contributed by atoms with Crippen molar-refractivity contribution in [1.29, 1.82) is 0 Å². The fraction of sp³-hybridized carbons (Fsp3) is 0.588. The van der Waals surface area contributed by atoms with Crippen molar-refractivity contribution < 1.29 is 0 Å². The van der Waals surface area contributed by atoms with E-state index in [0.717, 1.165) is 36.7 Å². The minimum absolute atomic E-state index is 0.393. The Labute approximate surface area is 145 Å². The molecular formula is C17H22N6S. The van der Waals surface area contributed by atoms with Gasteiger partial charge in [0.1, 0.15) is 11.6 Å². The number of nitrogens with zero attached hydrogens (tertiary/aromatic N) is 6. The molecule has 0 N–H and O–H groups in total. The predicted octanol–water partition coefficient (Wildman–Crippen LogP) is 3.05. The highest BCUT2D eigenvalue weighted by Gasteiger charge is 2.31. The molecule has 1 saturated heterocycles. The Bertz CT molecular complexity index is 818. The van der Waals surface area contributed by atoms with Crippen LogP contribution in [-0.4, -0.2) is 35.6 Å². The standard InChI is InChI=1S/C17H22N6S/c1-2-6-15-19-20-16(23(15)8-3-1)14-5-4-7-21(14)11-13-12-22-9-10-24-17(22)18-13/h9-10,12,14H,1-8,11H2/t14-/m0/s1. The van der Waals surface area contributed by atoms with Gasteiger partial charge in [-0.15, -0.1) is 21.5 Å². The zero-order valence-corrected chi connectivity index (χ0v) is 14.6. The van der Waals surface area contributed by atoms with E-state index in [1.54, 1.807) is 11.3 Å². The third-order valence-corrected chi connectivity index (χ3v) is 6.08. The summed E-state index contributed by atoms with van der Waals surface area (Å²) in [4.78, 5) is 8.37. The van der Waals surface area contributed by atoms with Crippen LogP contribution in [0.15, 0.2) is 17.8 Å². The molecule has 0 spiro atoms. The van der Waals surface area contributed by atoms with Gasteiger partial charge in [0.05, 0.1) is 11.7 Å². The molecule has 0 radical (unpaired) electrons. The molecule has 0 amide bonds. The Hall–Kier alpha value is -1.73. The van der Waals surface area contributed by atoms with Gasteiger partial charge in [-0.2, -0.15) is 0 Å². The Morgan fingerprint density at radius 3 is 3.08 bits per heavy atom. The second kappa shape index (κ2) is 5.97. The fourth-order valence-electron chi connectivity index (χ4n) is 4.12. The summed E-state index contributed by atoms with van der Waals surface area (Å²) in [6, 6.07) is 0.393. The first-order valence-corrected chi connectivity index (χ1v) is 9.83. The van der Waals surface area contributed by atoms with Gasteiger partial charge in [0, 0.05) is 37.3 Å². The van der Waals surface area contributed by atoms with Crippen LogP contribution in [0.4, 0.5) is 0 Å². The molecule has 1 atom stereocenters. The maximum absolute atomic E-state index is 4.75. The van der Waals surface area contributed by atoms with Gasteiger partial charge < -0.3 is 4.57 Å². The molecule has 6 nitrogen and oxygen atoms in total. The Morgan fingerprint density at radius 1 is 1.12 bits per heavy atom. The van der Waals surface area contributed by atoms with Gasteiger partial charge in [0.15, 0.2) is 4.96 Å². The molecule has 3 aromatic heterocycles. The van der Waals surface area contributed by atoms with Crippen molar-refractivity contribution >= 4 is 16.3 Å². The number of likely N-dealkylation sites (tertiary alicyclic amines) is 1. The molecule has 2 aliphatic rings. The maximum Gasteiger partial charge on any atom is 0.193 e. The Balaban J connectivity index is 1.41. The van der Waals surface area contributed by atoms with Crippen molar-refractivity contribution in [2.45, 2.75) is 57.7 Å². The van der Waals surface area contributed by atoms with Crippen LogP contribution in [-0.2, 0) is 19.5 Å². The number of aryl methyl sites for hydroxylation is 1.